The quantitative estimate of drug-likeness (QED) is 0.411. The summed E-state index contributed by atoms with van der Waals surface area (Å²) >= 11 is 0. The van der Waals surface area contributed by atoms with E-state index in [9.17, 15) is 4.57 Å². The molecule has 0 radical (unpaired) electrons. The zero-order valence-electron chi connectivity index (χ0n) is 2.83. The fraction of sp³-hybridized carbons (Fsp3) is 0. The fourth-order valence-electron chi connectivity index (χ4n) is 0. The Balaban J connectivity index is 3.94. The van der Waals surface area contributed by atoms with Crippen molar-refractivity contribution in [3.05, 3.63) is 0 Å². The van der Waals surface area contributed by atoms with Crippen LogP contribution in [0, 0.1) is 11.1 Å². The van der Waals surface area contributed by atoms with E-state index in [-0.39, 0.29) is 0 Å². The molecule has 0 aromatic rings. The Morgan fingerprint density at radius 1 is 2.00 bits per heavy atom. The Labute approximate surface area is 34.7 Å². The van der Waals surface area contributed by atoms with E-state index in [1.54, 1.807) is 0 Å². The van der Waals surface area contributed by atoms with Crippen LogP contribution in [0.3, 0.4) is 0 Å². The van der Waals surface area contributed by atoms with Crippen LogP contribution in [0.2, 0.25) is 0 Å². The average molecular weight is 106 g/mol. The van der Waals surface area contributed by atoms with Crippen molar-refractivity contribution in [2.24, 2.45) is 5.50 Å². The molecule has 0 bridgehead atoms. The topological polar surface area (TPSA) is 87.1 Å². The van der Waals surface area contributed by atoms with Gasteiger partial charge in [-0.25, -0.2) is 5.50 Å². The highest BCUT2D eigenvalue weighted by atomic mass is 31.2. The summed E-state index contributed by atoms with van der Waals surface area (Å²) in [6.45, 7) is 0. The van der Waals surface area contributed by atoms with Crippen LogP contribution in [0.25, 0.3) is 0 Å². The molecule has 34 valence electrons. The number of nitrogens with two attached hydrogens (primary N) is 1. The van der Waals surface area contributed by atoms with E-state index in [4.69, 9.17) is 10.2 Å². The second kappa shape index (κ2) is 1.39. The monoisotopic (exact) mass is 106 g/mol. The standard InChI is InChI=1S/CH3N2O2P/c2-1-6(3,4)5/h(H3,3,4,5). The second-order valence-electron chi connectivity index (χ2n) is 0.723. The molecule has 1 atom stereocenters. The lowest BCUT2D eigenvalue weighted by atomic mass is 11.8. The summed E-state index contributed by atoms with van der Waals surface area (Å²) < 4.78 is 9.56. The molecular formula is CH3N2O2P. The zero-order valence-corrected chi connectivity index (χ0v) is 3.72. The van der Waals surface area contributed by atoms with Crippen LogP contribution < -0.4 is 5.50 Å². The van der Waals surface area contributed by atoms with E-state index in [1.807, 2.05) is 0 Å². The number of hydrogen-bond acceptors (Lipinski definition) is 2. The first-order chi connectivity index (χ1) is 2.56. The maximum absolute atomic E-state index is 9.56. The summed E-state index contributed by atoms with van der Waals surface area (Å²) in [5, 5.41) is 7.51. The lowest BCUT2D eigenvalue weighted by Crippen LogP contribution is -1.85. The largest absolute Gasteiger partial charge is 0.363 e. The number of nitrogens with zero attached hydrogens (tertiary/aromatic N) is 1. The molecule has 0 spiro atoms. The molecule has 0 fully saturated rings. The number of hydrogen-bond donors (Lipinski definition) is 2. The maximum atomic E-state index is 9.56. The summed E-state index contributed by atoms with van der Waals surface area (Å²) in [7, 11) is -3.84. The van der Waals surface area contributed by atoms with Crippen molar-refractivity contribution in [3.63, 3.8) is 0 Å². The molecule has 0 aliphatic carbocycles. The van der Waals surface area contributed by atoms with E-state index in [0.717, 1.165) is 5.81 Å². The minimum Gasteiger partial charge on any atom is -0.323 e. The minimum atomic E-state index is -3.84. The van der Waals surface area contributed by atoms with Crippen molar-refractivity contribution in [2.45, 2.75) is 0 Å². The van der Waals surface area contributed by atoms with Crippen LogP contribution in [-0.4, -0.2) is 4.89 Å². The van der Waals surface area contributed by atoms with Crippen molar-refractivity contribution in [1.29, 1.82) is 5.26 Å². The Morgan fingerprint density at radius 3 is 2.17 bits per heavy atom. The molecule has 0 aliphatic heterocycles. The lowest BCUT2D eigenvalue weighted by Gasteiger charge is -1.82. The summed E-state index contributed by atoms with van der Waals surface area (Å²) in [6.07, 6.45) is 0. The molecule has 0 aromatic heterocycles. The molecule has 0 rings (SSSR count). The van der Waals surface area contributed by atoms with E-state index in [1.165, 1.54) is 0 Å². The average Bonchev–Trinajstić information content (AvgIpc) is 1.35. The zero-order chi connectivity index (χ0) is 5.21. The molecule has 0 amide bonds. The van der Waals surface area contributed by atoms with Crippen molar-refractivity contribution < 1.29 is 9.46 Å². The Kier molecular flexibility index (Phi) is 1.31. The van der Waals surface area contributed by atoms with Gasteiger partial charge in [-0.05, 0) is 0 Å². The molecule has 0 saturated heterocycles. The Morgan fingerprint density at radius 2 is 2.17 bits per heavy atom. The summed E-state index contributed by atoms with van der Waals surface area (Å²) in [5.41, 5.74) is 4.28. The van der Waals surface area contributed by atoms with Crippen LogP contribution in [0.5, 0.6) is 0 Å². The van der Waals surface area contributed by atoms with Gasteiger partial charge in [0.2, 0.25) is 0 Å². The van der Waals surface area contributed by atoms with Crippen LogP contribution in [0.15, 0.2) is 0 Å². The van der Waals surface area contributed by atoms with Crippen LogP contribution in [-0.2, 0) is 4.57 Å². The summed E-state index contributed by atoms with van der Waals surface area (Å²) in [4.78, 5) is 7.80. The molecular weight excluding hydrogens is 103 g/mol. The van der Waals surface area contributed by atoms with Gasteiger partial charge in [0.1, 0.15) is 0 Å². The van der Waals surface area contributed by atoms with Crippen LogP contribution in [0.4, 0.5) is 0 Å². The van der Waals surface area contributed by atoms with Gasteiger partial charge in [0.05, 0.1) is 0 Å². The molecule has 5 heteroatoms. The van der Waals surface area contributed by atoms with Gasteiger partial charge in [0.25, 0.3) is 0 Å². The lowest BCUT2D eigenvalue weighted by molar-refractivity contribution is 0.492. The van der Waals surface area contributed by atoms with Crippen molar-refractivity contribution in [3.8, 4) is 5.81 Å². The predicted octanol–water partition coefficient (Wildman–Crippen LogP) is -0.388. The number of rotatable bonds is 0. The fourth-order valence-corrected chi connectivity index (χ4v) is 0. The normalized spacial score (nSPS) is 18.2. The highest BCUT2D eigenvalue weighted by Gasteiger charge is 2.03. The predicted molar refractivity (Wildman–Crippen MR) is 19.6 cm³/mol. The van der Waals surface area contributed by atoms with Crippen molar-refractivity contribution in [2.75, 3.05) is 0 Å². The first-order valence-electron chi connectivity index (χ1n) is 1.09. The van der Waals surface area contributed by atoms with Gasteiger partial charge in [0, 0.05) is 0 Å². The van der Waals surface area contributed by atoms with Gasteiger partial charge < -0.3 is 4.89 Å². The van der Waals surface area contributed by atoms with E-state index in [0.29, 0.717) is 0 Å². The molecule has 0 aliphatic rings. The molecule has 0 aromatic carbocycles. The number of nitriles is 1. The molecule has 1 unspecified atom stereocenters. The Bertz CT molecular complexity index is 118. The van der Waals surface area contributed by atoms with Crippen LogP contribution >= 0.6 is 7.52 Å². The maximum Gasteiger partial charge on any atom is 0.363 e. The van der Waals surface area contributed by atoms with E-state index < -0.39 is 7.52 Å². The summed E-state index contributed by atoms with van der Waals surface area (Å²) in [5.74, 6) is 0.993. The molecule has 6 heavy (non-hydrogen) atoms. The summed E-state index contributed by atoms with van der Waals surface area (Å²) in [6, 6.07) is 0. The smallest absolute Gasteiger partial charge is 0.323 e. The third kappa shape index (κ3) is 3.64. The highest BCUT2D eigenvalue weighted by molar-refractivity contribution is 7.60. The van der Waals surface area contributed by atoms with Gasteiger partial charge in [-0.1, -0.05) is 0 Å². The highest BCUT2D eigenvalue weighted by Crippen LogP contribution is 2.25. The third-order valence-corrected chi connectivity index (χ3v) is 0.430. The van der Waals surface area contributed by atoms with E-state index >= 15 is 0 Å². The van der Waals surface area contributed by atoms with Gasteiger partial charge in [-0.2, -0.15) is 5.26 Å². The third-order valence-electron chi connectivity index (χ3n) is 0.143. The molecule has 4 nitrogen and oxygen atoms in total. The van der Waals surface area contributed by atoms with Gasteiger partial charge in [0.15, 0.2) is 5.81 Å². The molecule has 0 heterocycles. The van der Waals surface area contributed by atoms with Crippen LogP contribution in [0.1, 0.15) is 0 Å². The van der Waals surface area contributed by atoms with Crippen molar-refractivity contribution in [1.82, 2.24) is 0 Å². The minimum absolute atomic E-state index is 0.993. The SMILES string of the molecule is N#CP(N)(=O)O. The van der Waals surface area contributed by atoms with Gasteiger partial charge >= 0.3 is 7.52 Å². The first-order valence-corrected chi connectivity index (χ1v) is 2.82. The van der Waals surface area contributed by atoms with E-state index in [2.05, 4.69) is 5.50 Å². The van der Waals surface area contributed by atoms with Gasteiger partial charge in [-0.15, -0.1) is 0 Å². The Hall–Kier alpha value is -0.360. The molecule has 3 N–H and O–H groups in total. The van der Waals surface area contributed by atoms with Crippen molar-refractivity contribution >= 4 is 7.52 Å². The molecule has 0 saturated carbocycles. The second-order valence-corrected chi connectivity index (χ2v) is 2.17. The van der Waals surface area contributed by atoms with Gasteiger partial charge in [-0.3, -0.25) is 4.57 Å². The first kappa shape index (κ1) is 5.64.